The van der Waals surface area contributed by atoms with E-state index in [0.717, 1.165) is 18.4 Å². The largest absolute Gasteiger partial charge is 0.310 e. The maximum Gasteiger partial charge on any atom is 0.0348 e. The standard InChI is InChI=1S/C19H31N/c1-6-19(4,5)17-12-10-16(11-13-17)18(20-7-2)14(3)15-8-9-15/h10-15,18,20H,6-9H2,1-5H3. The summed E-state index contributed by atoms with van der Waals surface area (Å²) in [5, 5.41) is 3.69. The fourth-order valence-electron chi connectivity index (χ4n) is 3.07. The van der Waals surface area contributed by atoms with Crippen LogP contribution in [-0.2, 0) is 5.41 Å². The van der Waals surface area contributed by atoms with Crippen molar-refractivity contribution in [3.63, 3.8) is 0 Å². The first-order valence-corrected chi connectivity index (χ1v) is 8.33. The van der Waals surface area contributed by atoms with Gasteiger partial charge >= 0.3 is 0 Å². The van der Waals surface area contributed by atoms with Crippen molar-refractivity contribution >= 4 is 0 Å². The van der Waals surface area contributed by atoms with Crippen LogP contribution in [0.4, 0.5) is 0 Å². The lowest BCUT2D eigenvalue weighted by Crippen LogP contribution is -2.28. The fraction of sp³-hybridized carbons (Fsp3) is 0.684. The van der Waals surface area contributed by atoms with Gasteiger partial charge in [0, 0.05) is 6.04 Å². The van der Waals surface area contributed by atoms with E-state index in [1.165, 1.54) is 30.4 Å². The van der Waals surface area contributed by atoms with Crippen molar-refractivity contribution in [1.82, 2.24) is 5.32 Å². The molecule has 1 aromatic carbocycles. The highest BCUT2D eigenvalue weighted by Crippen LogP contribution is 2.42. The van der Waals surface area contributed by atoms with Crippen LogP contribution in [-0.4, -0.2) is 6.54 Å². The molecule has 112 valence electrons. The van der Waals surface area contributed by atoms with Crippen LogP contribution >= 0.6 is 0 Å². The van der Waals surface area contributed by atoms with Crippen LogP contribution < -0.4 is 5.32 Å². The van der Waals surface area contributed by atoms with E-state index >= 15 is 0 Å². The minimum atomic E-state index is 0.286. The highest BCUT2D eigenvalue weighted by Gasteiger charge is 2.33. The van der Waals surface area contributed by atoms with Gasteiger partial charge in [-0.3, -0.25) is 0 Å². The van der Waals surface area contributed by atoms with E-state index in [9.17, 15) is 0 Å². The molecule has 2 atom stereocenters. The summed E-state index contributed by atoms with van der Waals surface area (Å²) < 4.78 is 0. The van der Waals surface area contributed by atoms with Gasteiger partial charge in [0.1, 0.15) is 0 Å². The number of rotatable bonds is 7. The lowest BCUT2D eigenvalue weighted by molar-refractivity contribution is 0.355. The summed E-state index contributed by atoms with van der Waals surface area (Å²) in [5.41, 5.74) is 3.20. The molecule has 2 unspecified atom stereocenters. The average Bonchev–Trinajstić information content (AvgIpc) is 3.29. The Morgan fingerprint density at radius 2 is 1.75 bits per heavy atom. The normalized spacial score (nSPS) is 18.9. The molecule has 1 fully saturated rings. The number of hydrogen-bond donors (Lipinski definition) is 1. The van der Waals surface area contributed by atoms with E-state index in [1.807, 2.05) is 0 Å². The Hall–Kier alpha value is -0.820. The monoisotopic (exact) mass is 273 g/mol. The van der Waals surface area contributed by atoms with Crippen LogP contribution in [0, 0.1) is 11.8 Å². The molecule has 1 nitrogen and oxygen atoms in total. The maximum atomic E-state index is 3.69. The summed E-state index contributed by atoms with van der Waals surface area (Å²) in [7, 11) is 0. The Morgan fingerprint density at radius 1 is 1.15 bits per heavy atom. The summed E-state index contributed by atoms with van der Waals surface area (Å²) in [5.74, 6) is 1.69. The first-order chi connectivity index (χ1) is 9.49. The minimum absolute atomic E-state index is 0.286. The predicted molar refractivity (Wildman–Crippen MR) is 88.1 cm³/mol. The minimum Gasteiger partial charge on any atom is -0.310 e. The Labute approximate surface area is 125 Å². The Kier molecular flexibility index (Phi) is 4.90. The van der Waals surface area contributed by atoms with Gasteiger partial charge in [0.2, 0.25) is 0 Å². The van der Waals surface area contributed by atoms with Gasteiger partial charge in [-0.1, -0.05) is 58.9 Å². The van der Waals surface area contributed by atoms with Crippen molar-refractivity contribution in [2.75, 3.05) is 6.54 Å². The van der Waals surface area contributed by atoms with Gasteiger partial charge in [0.05, 0.1) is 0 Å². The molecule has 0 saturated heterocycles. The van der Waals surface area contributed by atoms with Gasteiger partial charge < -0.3 is 5.32 Å². The second kappa shape index (κ2) is 6.30. The van der Waals surface area contributed by atoms with Crippen molar-refractivity contribution in [3.8, 4) is 0 Å². The molecule has 1 aromatic rings. The molecule has 0 aliphatic heterocycles. The van der Waals surface area contributed by atoms with Gasteiger partial charge in [-0.15, -0.1) is 0 Å². The molecule has 0 amide bonds. The van der Waals surface area contributed by atoms with E-state index in [1.54, 1.807) is 0 Å². The van der Waals surface area contributed by atoms with E-state index in [-0.39, 0.29) is 5.41 Å². The average molecular weight is 273 g/mol. The van der Waals surface area contributed by atoms with Crippen LogP contribution in [0.5, 0.6) is 0 Å². The fourth-order valence-corrected chi connectivity index (χ4v) is 3.07. The lowest BCUT2D eigenvalue weighted by atomic mass is 9.81. The van der Waals surface area contributed by atoms with E-state index in [4.69, 9.17) is 0 Å². The van der Waals surface area contributed by atoms with Crippen LogP contribution in [0.25, 0.3) is 0 Å². The molecule has 1 saturated carbocycles. The first-order valence-electron chi connectivity index (χ1n) is 8.33. The van der Waals surface area contributed by atoms with Crippen LogP contribution in [0.3, 0.4) is 0 Å². The molecule has 1 heteroatoms. The third kappa shape index (κ3) is 3.44. The topological polar surface area (TPSA) is 12.0 Å². The molecule has 1 aliphatic rings. The summed E-state index contributed by atoms with van der Waals surface area (Å²) >= 11 is 0. The molecule has 2 rings (SSSR count). The smallest absolute Gasteiger partial charge is 0.0348 e. The summed E-state index contributed by atoms with van der Waals surface area (Å²) in [6, 6.07) is 9.88. The van der Waals surface area contributed by atoms with Crippen molar-refractivity contribution in [1.29, 1.82) is 0 Å². The Balaban J connectivity index is 2.17. The zero-order chi connectivity index (χ0) is 14.8. The summed E-state index contributed by atoms with van der Waals surface area (Å²) in [6.07, 6.45) is 4.02. The molecule has 0 radical (unpaired) electrons. The Morgan fingerprint density at radius 3 is 2.20 bits per heavy atom. The third-order valence-corrected chi connectivity index (χ3v) is 5.25. The van der Waals surface area contributed by atoms with Crippen LogP contribution in [0.15, 0.2) is 24.3 Å². The summed E-state index contributed by atoms with van der Waals surface area (Å²) in [6.45, 7) is 12.6. The molecule has 0 spiro atoms. The molecule has 0 aromatic heterocycles. The lowest BCUT2D eigenvalue weighted by Gasteiger charge is -2.27. The maximum absolute atomic E-state index is 3.69. The zero-order valence-electron chi connectivity index (χ0n) is 13.9. The SMILES string of the molecule is CCNC(c1ccc(C(C)(C)CC)cc1)C(C)C1CC1. The second-order valence-corrected chi connectivity index (χ2v) is 7.09. The third-order valence-electron chi connectivity index (χ3n) is 5.25. The second-order valence-electron chi connectivity index (χ2n) is 7.09. The molecular formula is C19H31N. The highest BCUT2D eigenvalue weighted by atomic mass is 14.9. The van der Waals surface area contributed by atoms with Crippen LogP contribution in [0.2, 0.25) is 0 Å². The van der Waals surface area contributed by atoms with Crippen LogP contribution in [0.1, 0.15) is 71.0 Å². The predicted octanol–water partition coefficient (Wildman–Crippen LogP) is 5.07. The molecule has 0 heterocycles. The first kappa shape index (κ1) is 15.6. The molecular weight excluding hydrogens is 242 g/mol. The van der Waals surface area contributed by atoms with E-state index in [0.29, 0.717) is 6.04 Å². The van der Waals surface area contributed by atoms with Gasteiger partial charge in [-0.25, -0.2) is 0 Å². The number of hydrogen-bond acceptors (Lipinski definition) is 1. The van der Waals surface area contributed by atoms with Gasteiger partial charge in [-0.05, 0) is 54.2 Å². The van der Waals surface area contributed by atoms with Gasteiger partial charge in [-0.2, -0.15) is 0 Å². The highest BCUT2D eigenvalue weighted by molar-refractivity contribution is 5.30. The van der Waals surface area contributed by atoms with Crippen molar-refractivity contribution in [3.05, 3.63) is 35.4 Å². The summed E-state index contributed by atoms with van der Waals surface area (Å²) in [4.78, 5) is 0. The molecule has 1 aliphatic carbocycles. The van der Waals surface area contributed by atoms with Gasteiger partial charge in [0.25, 0.3) is 0 Å². The van der Waals surface area contributed by atoms with Crippen molar-refractivity contribution in [2.45, 2.75) is 65.3 Å². The van der Waals surface area contributed by atoms with E-state index in [2.05, 4.69) is 64.2 Å². The van der Waals surface area contributed by atoms with Crippen molar-refractivity contribution in [2.24, 2.45) is 11.8 Å². The number of benzene rings is 1. The van der Waals surface area contributed by atoms with Gasteiger partial charge in [0.15, 0.2) is 0 Å². The zero-order valence-corrected chi connectivity index (χ0v) is 13.9. The molecule has 20 heavy (non-hydrogen) atoms. The Bertz CT molecular complexity index is 414. The molecule has 1 N–H and O–H groups in total. The number of nitrogens with one attached hydrogen (secondary N) is 1. The molecule has 0 bridgehead atoms. The van der Waals surface area contributed by atoms with Crippen molar-refractivity contribution < 1.29 is 0 Å². The quantitative estimate of drug-likeness (QED) is 0.731. The van der Waals surface area contributed by atoms with E-state index < -0.39 is 0 Å².